The van der Waals surface area contributed by atoms with E-state index in [0.29, 0.717) is 5.82 Å². The van der Waals surface area contributed by atoms with Gasteiger partial charge in [0.1, 0.15) is 5.82 Å². The fourth-order valence-electron chi connectivity index (χ4n) is 3.04. The second-order valence-corrected chi connectivity index (χ2v) is 10.6. The van der Waals surface area contributed by atoms with Crippen LogP contribution in [0.5, 0.6) is 0 Å². The number of sulfonamides is 1. The standard InChI is InChI=1S/C22H24ClFN4O4S/c1-13(29)32-12-20-25-26-21(28(20)5)16-10-17(23)18(24)11-19(16)27-33(30,31)15-8-6-14(7-9-15)22(2,3)4/h6-11,27H,12H2,1-5H3. The van der Waals surface area contributed by atoms with Gasteiger partial charge in [-0.25, -0.2) is 12.8 Å². The lowest BCUT2D eigenvalue weighted by atomic mass is 9.87. The Bertz CT molecular complexity index is 1300. The molecule has 0 radical (unpaired) electrons. The zero-order valence-electron chi connectivity index (χ0n) is 18.8. The summed E-state index contributed by atoms with van der Waals surface area (Å²) < 4.78 is 49.2. The van der Waals surface area contributed by atoms with Crippen LogP contribution in [0.1, 0.15) is 39.1 Å². The van der Waals surface area contributed by atoms with Gasteiger partial charge in [0.25, 0.3) is 10.0 Å². The summed E-state index contributed by atoms with van der Waals surface area (Å²) in [5.41, 5.74) is 0.975. The van der Waals surface area contributed by atoms with Crippen molar-refractivity contribution >= 4 is 33.3 Å². The Kier molecular flexibility index (Phi) is 6.80. The van der Waals surface area contributed by atoms with Crippen LogP contribution in [0.4, 0.5) is 10.1 Å². The molecule has 0 amide bonds. The minimum atomic E-state index is -4.05. The normalized spacial score (nSPS) is 12.0. The van der Waals surface area contributed by atoms with Crippen LogP contribution in [0, 0.1) is 5.82 Å². The van der Waals surface area contributed by atoms with Crippen LogP contribution in [0.2, 0.25) is 5.02 Å². The minimum absolute atomic E-state index is 0.0188. The molecule has 0 bridgehead atoms. The van der Waals surface area contributed by atoms with Gasteiger partial charge >= 0.3 is 5.97 Å². The van der Waals surface area contributed by atoms with E-state index in [4.69, 9.17) is 16.3 Å². The minimum Gasteiger partial charge on any atom is -0.458 e. The average Bonchev–Trinajstić information content (AvgIpc) is 3.08. The highest BCUT2D eigenvalue weighted by Gasteiger charge is 2.23. The lowest BCUT2D eigenvalue weighted by Gasteiger charge is -2.19. The first-order chi connectivity index (χ1) is 15.3. The van der Waals surface area contributed by atoms with Crippen molar-refractivity contribution in [1.29, 1.82) is 0 Å². The summed E-state index contributed by atoms with van der Waals surface area (Å²) >= 11 is 5.97. The summed E-state index contributed by atoms with van der Waals surface area (Å²) in [6, 6.07) is 8.71. The number of carbonyl (C=O) groups excluding carboxylic acids is 1. The average molecular weight is 495 g/mol. The highest BCUT2D eigenvalue weighted by Crippen LogP contribution is 2.33. The summed E-state index contributed by atoms with van der Waals surface area (Å²) in [6.45, 7) is 7.20. The number of ether oxygens (including phenoxy) is 1. The SMILES string of the molecule is CC(=O)OCc1nnc(-c2cc(Cl)c(F)cc2NS(=O)(=O)c2ccc(C(C)(C)C)cc2)n1C. The second kappa shape index (κ2) is 9.11. The molecule has 11 heteroatoms. The number of esters is 1. The van der Waals surface area contributed by atoms with Gasteiger partial charge in [-0.15, -0.1) is 10.2 Å². The highest BCUT2D eigenvalue weighted by molar-refractivity contribution is 7.92. The molecule has 0 aliphatic rings. The van der Waals surface area contributed by atoms with Gasteiger partial charge in [0.05, 0.1) is 15.6 Å². The largest absolute Gasteiger partial charge is 0.458 e. The summed E-state index contributed by atoms with van der Waals surface area (Å²) in [7, 11) is -2.44. The third-order valence-electron chi connectivity index (χ3n) is 4.95. The van der Waals surface area contributed by atoms with E-state index in [9.17, 15) is 17.6 Å². The molecule has 3 aromatic rings. The fourth-order valence-corrected chi connectivity index (χ4v) is 4.28. The van der Waals surface area contributed by atoms with Gasteiger partial charge in [0.2, 0.25) is 0 Å². The van der Waals surface area contributed by atoms with Crippen LogP contribution in [0.25, 0.3) is 11.4 Å². The van der Waals surface area contributed by atoms with Crippen LogP contribution in [0.15, 0.2) is 41.3 Å². The number of hydrogen-bond donors (Lipinski definition) is 1. The Labute approximate surface area is 196 Å². The van der Waals surface area contributed by atoms with Crippen molar-refractivity contribution in [2.75, 3.05) is 4.72 Å². The monoisotopic (exact) mass is 494 g/mol. The van der Waals surface area contributed by atoms with E-state index in [1.165, 1.54) is 29.7 Å². The van der Waals surface area contributed by atoms with E-state index < -0.39 is 21.8 Å². The topological polar surface area (TPSA) is 103 Å². The van der Waals surface area contributed by atoms with Gasteiger partial charge in [0.15, 0.2) is 18.3 Å². The second-order valence-electron chi connectivity index (χ2n) is 8.47. The first kappa shape index (κ1) is 24.7. The molecule has 0 spiro atoms. The van der Waals surface area contributed by atoms with Crippen molar-refractivity contribution < 1.29 is 22.3 Å². The molecule has 33 heavy (non-hydrogen) atoms. The summed E-state index contributed by atoms with van der Waals surface area (Å²) in [4.78, 5) is 11.1. The Morgan fingerprint density at radius 2 is 1.82 bits per heavy atom. The van der Waals surface area contributed by atoms with Gasteiger partial charge in [-0.2, -0.15) is 0 Å². The summed E-state index contributed by atoms with van der Waals surface area (Å²) in [5, 5.41) is 7.79. The van der Waals surface area contributed by atoms with E-state index in [0.717, 1.165) is 11.6 Å². The Hall–Kier alpha value is -2.98. The molecule has 0 aliphatic carbocycles. The molecule has 0 aliphatic heterocycles. The zero-order chi connectivity index (χ0) is 24.6. The van der Waals surface area contributed by atoms with E-state index in [1.54, 1.807) is 19.2 Å². The molecule has 1 heterocycles. The van der Waals surface area contributed by atoms with E-state index >= 15 is 0 Å². The number of anilines is 1. The third kappa shape index (κ3) is 5.51. The molecule has 0 saturated heterocycles. The third-order valence-corrected chi connectivity index (χ3v) is 6.62. The van der Waals surface area contributed by atoms with E-state index in [2.05, 4.69) is 14.9 Å². The molecular weight excluding hydrogens is 471 g/mol. The lowest BCUT2D eigenvalue weighted by molar-refractivity contribution is -0.142. The van der Waals surface area contributed by atoms with Crippen molar-refractivity contribution in [2.45, 2.75) is 44.6 Å². The maximum atomic E-state index is 14.3. The van der Waals surface area contributed by atoms with Crippen LogP contribution in [0.3, 0.4) is 0 Å². The Morgan fingerprint density at radius 1 is 1.18 bits per heavy atom. The molecule has 0 saturated carbocycles. The van der Waals surface area contributed by atoms with Gasteiger partial charge in [-0.05, 0) is 29.2 Å². The molecule has 3 rings (SSSR count). The number of nitrogens with zero attached hydrogens (tertiary/aromatic N) is 3. The molecule has 1 N–H and O–H groups in total. The molecule has 2 aromatic carbocycles. The molecule has 176 valence electrons. The summed E-state index contributed by atoms with van der Waals surface area (Å²) in [6.07, 6.45) is 0. The smallest absolute Gasteiger partial charge is 0.303 e. The maximum absolute atomic E-state index is 14.3. The van der Waals surface area contributed by atoms with Crippen LogP contribution >= 0.6 is 11.6 Å². The fraction of sp³-hybridized carbons (Fsp3) is 0.318. The van der Waals surface area contributed by atoms with E-state index in [-0.39, 0.29) is 39.0 Å². The molecule has 1 aromatic heterocycles. The van der Waals surface area contributed by atoms with Gasteiger partial charge in [-0.1, -0.05) is 44.5 Å². The molecule has 0 atom stereocenters. The zero-order valence-corrected chi connectivity index (χ0v) is 20.4. The first-order valence-electron chi connectivity index (χ1n) is 9.94. The van der Waals surface area contributed by atoms with Crippen molar-refractivity contribution in [2.24, 2.45) is 7.05 Å². The predicted octanol–water partition coefficient (Wildman–Crippen LogP) is 4.44. The Balaban J connectivity index is 2.01. The number of rotatable bonds is 6. The molecule has 0 unspecified atom stereocenters. The maximum Gasteiger partial charge on any atom is 0.303 e. The van der Waals surface area contributed by atoms with E-state index in [1.807, 2.05) is 20.8 Å². The van der Waals surface area contributed by atoms with Gasteiger partial charge < -0.3 is 9.30 Å². The predicted molar refractivity (Wildman–Crippen MR) is 123 cm³/mol. The van der Waals surface area contributed by atoms with Crippen LogP contribution < -0.4 is 4.72 Å². The molecule has 8 nitrogen and oxygen atoms in total. The van der Waals surface area contributed by atoms with Crippen molar-refractivity contribution in [3.05, 3.63) is 58.6 Å². The quantitative estimate of drug-likeness (QED) is 0.508. The Morgan fingerprint density at radius 3 is 2.39 bits per heavy atom. The number of hydrogen-bond acceptors (Lipinski definition) is 6. The van der Waals surface area contributed by atoms with Crippen molar-refractivity contribution in [1.82, 2.24) is 14.8 Å². The van der Waals surface area contributed by atoms with Gasteiger partial charge in [0, 0.05) is 25.6 Å². The first-order valence-corrected chi connectivity index (χ1v) is 11.8. The number of nitrogens with one attached hydrogen (secondary N) is 1. The number of carbonyl (C=O) groups is 1. The lowest BCUT2D eigenvalue weighted by Crippen LogP contribution is -2.16. The highest BCUT2D eigenvalue weighted by atomic mass is 35.5. The summed E-state index contributed by atoms with van der Waals surface area (Å²) in [5.74, 6) is -0.772. The van der Waals surface area contributed by atoms with Gasteiger partial charge in [-0.3, -0.25) is 9.52 Å². The number of benzene rings is 2. The van der Waals surface area contributed by atoms with Crippen LogP contribution in [-0.4, -0.2) is 29.2 Å². The molecular formula is C22H24ClFN4O4S. The van der Waals surface area contributed by atoms with Crippen molar-refractivity contribution in [3.8, 4) is 11.4 Å². The van der Waals surface area contributed by atoms with Crippen molar-refractivity contribution in [3.63, 3.8) is 0 Å². The number of aromatic nitrogens is 3. The number of halogens is 2. The molecule has 0 fully saturated rings. The van der Waals surface area contributed by atoms with Crippen LogP contribution in [-0.2, 0) is 38.6 Å².